The smallest absolute Gasteiger partial charge is 0.136 e. The van der Waals surface area contributed by atoms with E-state index in [-0.39, 0.29) is 11.9 Å². The Morgan fingerprint density at radius 2 is 2.21 bits per heavy atom. The first-order valence-electron chi connectivity index (χ1n) is 5.63. The van der Waals surface area contributed by atoms with E-state index < -0.39 is 6.10 Å². The van der Waals surface area contributed by atoms with Crippen LogP contribution in [0.2, 0.25) is 4.34 Å². The number of rotatable bonds is 1. The molecule has 3 rings (SSSR count). The zero-order chi connectivity index (χ0) is 13.6. The molecule has 2 aromatic rings. The summed E-state index contributed by atoms with van der Waals surface area (Å²) in [5, 5.41) is 10.1. The van der Waals surface area contributed by atoms with Crippen molar-refractivity contribution in [3.05, 3.63) is 49.3 Å². The Balaban J connectivity index is 1.94. The van der Waals surface area contributed by atoms with Gasteiger partial charge in [0.15, 0.2) is 0 Å². The first-order chi connectivity index (χ1) is 9.04. The summed E-state index contributed by atoms with van der Waals surface area (Å²) in [6.07, 6.45) is -0.606. The molecule has 0 saturated carbocycles. The lowest BCUT2D eigenvalue weighted by atomic mass is 9.98. The van der Waals surface area contributed by atoms with E-state index >= 15 is 0 Å². The third kappa shape index (κ3) is 2.52. The predicted octanol–water partition coefficient (Wildman–Crippen LogP) is 4.86. The molecule has 1 aliphatic rings. The average molecular weight is 364 g/mol. The molecule has 1 N–H and O–H groups in total. The molecule has 0 saturated heterocycles. The molecule has 1 aromatic heterocycles. The number of benzene rings is 1. The van der Waals surface area contributed by atoms with Crippen LogP contribution in [-0.2, 0) is 0 Å². The van der Waals surface area contributed by atoms with Gasteiger partial charge >= 0.3 is 0 Å². The van der Waals surface area contributed by atoms with Crippen molar-refractivity contribution in [2.45, 2.75) is 18.6 Å². The van der Waals surface area contributed by atoms with Crippen molar-refractivity contribution in [3.8, 4) is 5.75 Å². The lowest BCUT2D eigenvalue weighted by molar-refractivity contribution is 0.0670. The second kappa shape index (κ2) is 5.05. The maximum Gasteiger partial charge on any atom is 0.136 e. The van der Waals surface area contributed by atoms with Crippen molar-refractivity contribution in [1.82, 2.24) is 0 Å². The molecule has 100 valence electrons. The molecule has 0 radical (unpaired) electrons. The van der Waals surface area contributed by atoms with Crippen LogP contribution in [0, 0.1) is 5.82 Å². The first kappa shape index (κ1) is 13.4. The molecule has 2 unspecified atom stereocenters. The molecule has 1 aliphatic heterocycles. The summed E-state index contributed by atoms with van der Waals surface area (Å²) in [4.78, 5) is 0.936. The molecule has 0 amide bonds. The van der Waals surface area contributed by atoms with Gasteiger partial charge in [-0.25, -0.2) is 4.39 Å². The Morgan fingerprint density at radius 3 is 2.89 bits per heavy atom. The predicted molar refractivity (Wildman–Crippen MR) is 76.4 cm³/mol. The van der Waals surface area contributed by atoms with Crippen LogP contribution in [-0.4, -0.2) is 5.11 Å². The number of ether oxygens (including phenoxy) is 1. The molecule has 6 heteroatoms. The molecule has 2 heterocycles. The molecule has 1 aromatic carbocycles. The number of halogens is 3. The molecule has 19 heavy (non-hydrogen) atoms. The summed E-state index contributed by atoms with van der Waals surface area (Å²) < 4.78 is 20.4. The Bertz CT molecular complexity index is 612. The van der Waals surface area contributed by atoms with Gasteiger partial charge in [-0.1, -0.05) is 11.6 Å². The maximum atomic E-state index is 13.2. The van der Waals surface area contributed by atoms with E-state index in [1.165, 1.54) is 23.5 Å². The minimum atomic E-state index is -0.732. The molecule has 0 bridgehead atoms. The number of aliphatic hydroxyl groups is 1. The van der Waals surface area contributed by atoms with E-state index in [9.17, 15) is 9.50 Å². The number of hydrogen-bond acceptors (Lipinski definition) is 3. The molecule has 0 fully saturated rings. The van der Waals surface area contributed by atoms with Crippen LogP contribution in [0.3, 0.4) is 0 Å². The van der Waals surface area contributed by atoms with Crippen molar-refractivity contribution in [2.75, 3.05) is 0 Å². The van der Waals surface area contributed by atoms with Crippen LogP contribution < -0.4 is 4.74 Å². The van der Waals surface area contributed by atoms with Gasteiger partial charge in [-0.15, -0.1) is 11.3 Å². The lowest BCUT2D eigenvalue weighted by Crippen LogP contribution is -2.18. The zero-order valence-corrected chi connectivity index (χ0v) is 12.7. The van der Waals surface area contributed by atoms with E-state index in [4.69, 9.17) is 16.3 Å². The van der Waals surface area contributed by atoms with Crippen LogP contribution >= 0.6 is 38.9 Å². The van der Waals surface area contributed by atoms with Crippen molar-refractivity contribution in [1.29, 1.82) is 0 Å². The summed E-state index contributed by atoms with van der Waals surface area (Å²) in [5.74, 6) is 0.146. The Morgan fingerprint density at radius 1 is 1.42 bits per heavy atom. The van der Waals surface area contributed by atoms with E-state index in [0.717, 1.165) is 9.35 Å². The molecular formula is C13H9BrClFO2S. The highest BCUT2D eigenvalue weighted by Gasteiger charge is 2.29. The minimum absolute atomic E-state index is 0.262. The van der Waals surface area contributed by atoms with E-state index in [2.05, 4.69) is 15.9 Å². The third-order valence-electron chi connectivity index (χ3n) is 3.02. The highest BCUT2D eigenvalue weighted by molar-refractivity contribution is 9.10. The van der Waals surface area contributed by atoms with E-state index in [0.29, 0.717) is 22.1 Å². The molecule has 0 spiro atoms. The van der Waals surface area contributed by atoms with Crippen LogP contribution in [0.5, 0.6) is 5.75 Å². The summed E-state index contributed by atoms with van der Waals surface area (Å²) in [6, 6.07) is 6.07. The van der Waals surface area contributed by atoms with Crippen molar-refractivity contribution >= 4 is 38.9 Å². The lowest BCUT2D eigenvalue weighted by Gasteiger charge is -2.29. The van der Waals surface area contributed by atoms with Gasteiger partial charge in [0.25, 0.3) is 0 Å². The summed E-state index contributed by atoms with van der Waals surface area (Å²) in [5.41, 5.74) is 0.498. The number of hydrogen-bond donors (Lipinski definition) is 1. The van der Waals surface area contributed by atoms with Gasteiger partial charge in [0.2, 0.25) is 0 Å². The number of fused-ring (bicyclic) bond motifs is 1. The Labute approximate surface area is 126 Å². The molecular weight excluding hydrogens is 355 g/mol. The van der Waals surface area contributed by atoms with Crippen molar-refractivity contribution in [3.63, 3.8) is 0 Å². The minimum Gasteiger partial charge on any atom is -0.484 e. The Hall–Kier alpha value is -0.620. The second-order valence-electron chi connectivity index (χ2n) is 4.31. The zero-order valence-electron chi connectivity index (χ0n) is 9.57. The summed E-state index contributed by atoms with van der Waals surface area (Å²) >= 11 is 10.8. The van der Waals surface area contributed by atoms with Gasteiger partial charge in [-0.3, -0.25) is 0 Å². The van der Waals surface area contributed by atoms with Crippen molar-refractivity contribution < 1.29 is 14.2 Å². The molecule has 0 aliphatic carbocycles. The summed E-state index contributed by atoms with van der Waals surface area (Å²) in [6.45, 7) is 0. The topological polar surface area (TPSA) is 29.5 Å². The van der Waals surface area contributed by atoms with Gasteiger partial charge in [-0.2, -0.15) is 0 Å². The fraction of sp³-hybridized carbons (Fsp3) is 0.231. The van der Waals surface area contributed by atoms with Gasteiger partial charge < -0.3 is 9.84 Å². The van der Waals surface area contributed by atoms with Crippen molar-refractivity contribution in [2.24, 2.45) is 0 Å². The standard InChI is InChI=1S/C13H9BrClFO2S/c14-8-4-12(19-13(8)15)11-5-9(17)7-3-6(16)1-2-10(7)18-11/h1-4,9,11,17H,5H2. The number of thiophene rings is 1. The second-order valence-corrected chi connectivity index (χ2v) is 6.85. The quantitative estimate of drug-likeness (QED) is 0.784. The normalized spacial score (nSPS) is 21.9. The fourth-order valence-corrected chi connectivity index (χ4v) is 3.89. The van der Waals surface area contributed by atoms with Gasteiger partial charge in [0.1, 0.15) is 22.0 Å². The third-order valence-corrected chi connectivity index (χ3v) is 5.59. The fourth-order valence-electron chi connectivity index (χ4n) is 2.11. The van der Waals surface area contributed by atoms with Crippen LogP contribution in [0.15, 0.2) is 28.7 Å². The van der Waals surface area contributed by atoms with E-state index in [1.807, 2.05) is 6.07 Å². The van der Waals surface area contributed by atoms with Crippen LogP contribution in [0.25, 0.3) is 0 Å². The van der Waals surface area contributed by atoms with Gasteiger partial charge in [-0.05, 0) is 40.2 Å². The largest absolute Gasteiger partial charge is 0.484 e. The summed E-state index contributed by atoms with van der Waals surface area (Å²) in [7, 11) is 0. The first-order valence-corrected chi connectivity index (χ1v) is 7.62. The highest BCUT2D eigenvalue weighted by Crippen LogP contribution is 2.44. The highest BCUT2D eigenvalue weighted by atomic mass is 79.9. The van der Waals surface area contributed by atoms with Crippen LogP contribution in [0.1, 0.15) is 29.1 Å². The van der Waals surface area contributed by atoms with Crippen LogP contribution in [0.4, 0.5) is 4.39 Å². The maximum absolute atomic E-state index is 13.2. The number of aliphatic hydroxyl groups excluding tert-OH is 1. The average Bonchev–Trinajstić information content (AvgIpc) is 2.70. The van der Waals surface area contributed by atoms with E-state index in [1.54, 1.807) is 6.07 Å². The van der Waals surface area contributed by atoms with Gasteiger partial charge in [0.05, 0.1) is 6.10 Å². The molecule has 2 nitrogen and oxygen atoms in total. The molecule has 2 atom stereocenters. The SMILES string of the molecule is OC1CC(c2cc(Br)c(Cl)s2)Oc2ccc(F)cc21. The monoisotopic (exact) mass is 362 g/mol. The van der Waals surface area contributed by atoms with Gasteiger partial charge in [0, 0.05) is 21.3 Å². The Kier molecular flexibility index (Phi) is 3.55.